The van der Waals surface area contributed by atoms with E-state index in [9.17, 15) is 9.59 Å². The Morgan fingerprint density at radius 3 is 0.900 bits per heavy atom. The molecule has 0 fully saturated rings. The van der Waals surface area contributed by atoms with Gasteiger partial charge in [0, 0.05) is 22.3 Å². The maximum absolute atomic E-state index is 12.6. The van der Waals surface area contributed by atoms with Crippen LogP contribution < -0.4 is 0 Å². The summed E-state index contributed by atoms with van der Waals surface area (Å²) < 4.78 is 0. The molecule has 0 radical (unpaired) electrons. The van der Waals surface area contributed by atoms with Crippen molar-refractivity contribution in [2.75, 3.05) is 0 Å². The molecule has 0 saturated heterocycles. The van der Waals surface area contributed by atoms with Crippen molar-refractivity contribution in [1.82, 2.24) is 0 Å². The van der Waals surface area contributed by atoms with Gasteiger partial charge >= 0.3 is 0 Å². The highest BCUT2D eigenvalue weighted by atomic mass is 16.1. The zero-order chi connectivity index (χ0) is 14.6. The van der Waals surface area contributed by atoms with Crippen molar-refractivity contribution in [2.24, 2.45) is 0 Å². The van der Waals surface area contributed by atoms with E-state index in [0.717, 1.165) is 22.3 Å². The molecule has 0 heterocycles. The van der Waals surface area contributed by atoms with Gasteiger partial charge in [-0.25, -0.2) is 0 Å². The van der Waals surface area contributed by atoms with Gasteiger partial charge in [0.25, 0.3) is 0 Å². The Bertz CT molecular complexity index is 653. The van der Waals surface area contributed by atoms with Crippen LogP contribution >= 0.6 is 0 Å². The second-order valence-electron chi connectivity index (χ2n) is 5.62. The van der Waals surface area contributed by atoms with E-state index in [-0.39, 0.29) is 11.6 Å². The molecule has 1 aliphatic rings. The van der Waals surface area contributed by atoms with Gasteiger partial charge < -0.3 is 0 Å². The van der Waals surface area contributed by atoms with Crippen molar-refractivity contribution < 1.29 is 9.59 Å². The van der Waals surface area contributed by atoms with Crippen LogP contribution in [0.4, 0.5) is 0 Å². The molecule has 3 rings (SSSR count). The van der Waals surface area contributed by atoms with E-state index in [0.29, 0.717) is 22.3 Å². The number of carbonyl (C=O) groups is 2. The number of aryl methyl sites for hydroxylation is 4. The van der Waals surface area contributed by atoms with Crippen molar-refractivity contribution in [3.63, 3.8) is 0 Å². The molecule has 0 N–H and O–H groups in total. The summed E-state index contributed by atoms with van der Waals surface area (Å²) in [4.78, 5) is 25.3. The first-order valence-corrected chi connectivity index (χ1v) is 6.72. The van der Waals surface area contributed by atoms with E-state index in [4.69, 9.17) is 0 Å². The fraction of sp³-hybridized carbons (Fsp3) is 0.222. The second kappa shape index (κ2) is 4.14. The lowest BCUT2D eigenvalue weighted by Crippen LogP contribution is -2.22. The van der Waals surface area contributed by atoms with Crippen LogP contribution in [0.1, 0.15) is 54.1 Å². The van der Waals surface area contributed by atoms with Crippen LogP contribution in [-0.2, 0) is 0 Å². The van der Waals surface area contributed by atoms with Crippen LogP contribution in [0.25, 0.3) is 0 Å². The zero-order valence-electron chi connectivity index (χ0n) is 12.1. The Balaban J connectivity index is 2.33. The normalized spacial score (nSPS) is 13.2. The molecular formula is C18H16O2. The van der Waals surface area contributed by atoms with Gasteiger partial charge in [0.05, 0.1) is 0 Å². The SMILES string of the molecule is Cc1cc2c(cc1C)C(=O)c1cc(C)c(C)cc1C2=O. The molecule has 0 unspecified atom stereocenters. The quantitative estimate of drug-likeness (QED) is 0.620. The molecular weight excluding hydrogens is 248 g/mol. The van der Waals surface area contributed by atoms with Crippen LogP contribution in [0.3, 0.4) is 0 Å². The molecule has 0 amide bonds. The van der Waals surface area contributed by atoms with Gasteiger partial charge in [-0.15, -0.1) is 0 Å². The lowest BCUT2D eigenvalue weighted by atomic mass is 9.81. The topological polar surface area (TPSA) is 34.1 Å². The van der Waals surface area contributed by atoms with Crippen LogP contribution in [-0.4, -0.2) is 11.6 Å². The molecule has 0 bridgehead atoms. The molecule has 2 aromatic carbocycles. The average molecular weight is 264 g/mol. The second-order valence-corrected chi connectivity index (χ2v) is 5.62. The molecule has 0 aliphatic heterocycles. The minimum Gasteiger partial charge on any atom is -0.289 e. The standard InChI is InChI=1S/C18H16O2/c1-9-5-13-14(6-10(9)2)18(20)16-8-12(4)11(3)7-15(16)17(13)19/h5-8H,1-4H3. The predicted molar refractivity (Wildman–Crippen MR) is 78.7 cm³/mol. The van der Waals surface area contributed by atoms with Crippen molar-refractivity contribution in [1.29, 1.82) is 0 Å². The molecule has 0 spiro atoms. The number of carbonyl (C=O) groups excluding carboxylic acids is 2. The first kappa shape index (κ1) is 12.8. The van der Waals surface area contributed by atoms with Crippen molar-refractivity contribution in [2.45, 2.75) is 27.7 Å². The third-order valence-corrected chi connectivity index (χ3v) is 4.25. The van der Waals surface area contributed by atoms with Gasteiger partial charge in [0.2, 0.25) is 0 Å². The maximum Gasteiger partial charge on any atom is 0.194 e. The number of hydrogen-bond acceptors (Lipinski definition) is 2. The summed E-state index contributed by atoms with van der Waals surface area (Å²) in [5.74, 6) is -0.0819. The van der Waals surface area contributed by atoms with E-state index in [1.54, 1.807) is 0 Å². The lowest BCUT2D eigenvalue weighted by molar-refractivity contribution is 0.0979. The molecule has 2 heteroatoms. The number of ketones is 2. The van der Waals surface area contributed by atoms with Crippen molar-refractivity contribution in [3.05, 3.63) is 68.8 Å². The highest BCUT2D eigenvalue weighted by Gasteiger charge is 2.30. The third kappa shape index (κ3) is 1.64. The first-order valence-electron chi connectivity index (χ1n) is 6.72. The van der Waals surface area contributed by atoms with E-state index in [2.05, 4.69) is 0 Å². The Morgan fingerprint density at radius 2 is 0.700 bits per heavy atom. The van der Waals surface area contributed by atoms with Gasteiger partial charge in [-0.05, 0) is 74.2 Å². The largest absolute Gasteiger partial charge is 0.289 e. The van der Waals surface area contributed by atoms with E-state index in [1.165, 1.54) is 0 Å². The predicted octanol–water partition coefficient (Wildman–Crippen LogP) is 3.70. The van der Waals surface area contributed by atoms with Crippen LogP contribution in [0, 0.1) is 27.7 Å². The summed E-state index contributed by atoms with van der Waals surface area (Å²) >= 11 is 0. The summed E-state index contributed by atoms with van der Waals surface area (Å²) in [6.07, 6.45) is 0. The molecule has 1 aliphatic carbocycles. The average Bonchev–Trinajstić information content (AvgIpc) is 2.41. The number of rotatable bonds is 0. The maximum atomic E-state index is 12.6. The number of hydrogen-bond donors (Lipinski definition) is 0. The highest BCUT2D eigenvalue weighted by molar-refractivity contribution is 6.28. The highest BCUT2D eigenvalue weighted by Crippen LogP contribution is 2.30. The first-order chi connectivity index (χ1) is 9.40. The molecule has 0 aromatic heterocycles. The number of fused-ring (bicyclic) bond motifs is 2. The fourth-order valence-electron chi connectivity index (χ4n) is 2.67. The Hall–Kier alpha value is -2.22. The van der Waals surface area contributed by atoms with Gasteiger partial charge in [-0.2, -0.15) is 0 Å². The van der Waals surface area contributed by atoms with Crippen molar-refractivity contribution >= 4 is 11.6 Å². The lowest BCUT2D eigenvalue weighted by Gasteiger charge is -2.20. The summed E-state index contributed by atoms with van der Waals surface area (Å²) in [6, 6.07) is 7.35. The van der Waals surface area contributed by atoms with E-state index < -0.39 is 0 Å². The minimum absolute atomic E-state index is 0.0409. The molecule has 0 saturated carbocycles. The van der Waals surface area contributed by atoms with Crippen LogP contribution in [0.2, 0.25) is 0 Å². The minimum atomic E-state index is -0.0409. The van der Waals surface area contributed by atoms with Crippen molar-refractivity contribution in [3.8, 4) is 0 Å². The monoisotopic (exact) mass is 264 g/mol. The summed E-state index contributed by atoms with van der Waals surface area (Å²) in [5, 5.41) is 0. The van der Waals surface area contributed by atoms with Gasteiger partial charge in [-0.3, -0.25) is 9.59 Å². The Morgan fingerprint density at radius 1 is 0.500 bits per heavy atom. The Kier molecular flexibility index (Phi) is 2.65. The number of benzene rings is 2. The van der Waals surface area contributed by atoms with Gasteiger partial charge in [0.1, 0.15) is 0 Å². The third-order valence-electron chi connectivity index (χ3n) is 4.25. The summed E-state index contributed by atoms with van der Waals surface area (Å²) in [6.45, 7) is 7.85. The van der Waals surface area contributed by atoms with E-state index in [1.807, 2.05) is 52.0 Å². The Labute approximate surface area is 118 Å². The van der Waals surface area contributed by atoms with Crippen LogP contribution in [0.5, 0.6) is 0 Å². The van der Waals surface area contributed by atoms with E-state index >= 15 is 0 Å². The molecule has 0 atom stereocenters. The van der Waals surface area contributed by atoms with Gasteiger partial charge in [0.15, 0.2) is 11.6 Å². The smallest absolute Gasteiger partial charge is 0.194 e. The molecule has 20 heavy (non-hydrogen) atoms. The molecule has 2 aromatic rings. The molecule has 100 valence electrons. The van der Waals surface area contributed by atoms with Gasteiger partial charge in [-0.1, -0.05) is 0 Å². The molecule has 2 nitrogen and oxygen atoms in total. The summed E-state index contributed by atoms with van der Waals surface area (Å²) in [7, 11) is 0. The van der Waals surface area contributed by atoms with Crippen LogP contribution in [0.15, 0.2) is 24.3 Å². The fourth-order valence-corrected chi connectivity index (χ4v) is 2.67. The zero-order valence-corrected chi connectivity index (χ0v) is 12.1. The summed E-state index contributed by atoms with van der Waals surface area (Å²) in [5.41, 5.74) is 6.30.